The van der Waals surface area contributed by atoms with Crippen LogP contribution < -0.4 is 0 Å². The highest BCUT2D eigenvalue weighted by molar-refractivity contribution is 5.66. The Bertz CT molecular complexity index is 369. The molecule has 2 rings (SSSR count). The molecule has 0 bridgehead atoms. The van der Waals surface area contributed by atoms with E-state index in [0.29, 0.717) is 24.7 Å². The summed E-state index contributed by atoms with van der Waals surface area (Å²) in [6.45, 7) is 7.78. The fraction of sp³-hybridized carbons (Fsp3) is 0.933. The zero-order valence-corrected chi connectivity index (χ0v) is 12.3. The van der Waals surface area contributed by atoms with Crippen molar-refractivity contribution >= 4 is 5.97 Å². The van der Waals surface area contributed by atoms with Crippen molar-refractivity contribution in [3.05, 3.63) is 0 Å². The third-order valence-electron chi connectivity index (χ3n) is 5.94. The van der Waals surface area contributed by atoms with Crippen molar-refractivity contribution in [3.8, 4) is 0 Å². The van der Waals surface area contributed by atoms with Crippen molar-refractivity contribution in [2.24, 2.45) is 17.3 Å². The molecule has 4 heteroatoms. The maximum absolute atomic E-state index is 11.1. The number of rotatable bonds is 1. The smallest absolute Gasteiger partial charge is 0.302 e. The van der Waals surface area contributed by atoms with Crippen LogP contribution in [0.2, 0.25) is 0 Å². The minimum Gasteiger partial charge on any atom is -0.460 e. The van der Waals surface area contributed by atoms with E-state index in [0.717, 1.165) is 12.8 Å². The molecule has 0 saturated heterocycles. The summed E-state index contributed by atoms with van der Waals surface area (Å²) < 4.78 is 5.18. The average Bonchev–Trinajstić information content (AvgIpc) is 2.34. The van der Waals surface area contributed by atoms with Gasteiger partial charge in [-0.3, -0.25) is 4.79 Å². The van der Waals surface area contributed by atoms with Gasteiger partial charge in [0.15, 0.2) is 0 Å². The predicted octanol–water partition coefficient (Wildman–Crippen LogP) is 1.88. The van der Waals surface area contributed by atoms with Crippen molar-refractivity contribution in [3.63, 3.8) is 0 Å². The molecule has 0 spiro atoms. The molecule has 0 aromatic heterocycles. The first kappa shape index (κ1) is 14.8. The monoisotopic (exact) mass is 270 g/mol. The van der Waals surface area contributed by atoms with Crippen LogP contribution in [0.4, 0.5) is 0 Å². The molecule has 0 aromatic rings. The zero-order valence-electron chi connectivity index (χ0n) is 12.3. The SMILES string of the molecule is CC(=O)O[C@@H]1CC[C@]2(C)[C@H](C)[C@@H](C)CC[C@]2(O)[C@@H]1O. The van der Waals surface area contributed by atoms with Crippen LogP contribution in [0.1, 0.15) is 53.4 Å². The van der Waals surface area contributed by atoms with Crippen LogP contribution in [0.15, 0.2) is 0 Å². The third-order valence-corrected chi connectivity index (χ3v) is 5.94. The third kappa shape index (κ3) is 2.09. The Kier molecular flexibility index (Phi) is 3.69. The standard InChI is InChI=1S/C15H26O4/c1-9-5-8-15(18)13(17)12(19-11(3)16)6-7-14(15,4)10(9)2/h9-10,12-13,17-18H,5-8H2,1-4H3/t9-,10+,12+,13+,14+,15-/m0/s1. The van der Waals surface area contributed by atoms with Crippen LogP contribution in [0.3, 0.4) is 0 Å². The van der Waals surface area contributed by atoms with Gasteiger partial charge in [-0.2, -0.15) is 0 Å². The van der Waals surface area contributed by atoms with E-state index >= 15 is 0 Å². The second kappa shape index (κ2) is 4.74. The van der Waals surface area contributed by atoms with E-state index in [1.165, 1.54) is 6.92 Å². The van der Waals surface area contributed by atoms with Gasteiger partial charge >= 0.3 is 5.97 Å². The van der Waals surface area contributed by atoms with E-state index in [-0.39, 0.29) is 5.41 Å². The number of aliphatic hydroxyl groups excluding tert-OH is 1. The van der Waals surface area contributed by atoms with Crippen molar-refractivity contribution in [1.29, 1.82) is 0 Å². The van der Waals surface area contributed by atoms with Gasteiger partial charge in [0.25, 0.3) is 0 Å². The fourth-order valence-corrected chi connectivity index (χ4v) is 4.18. The number of carbonyl (C=O) groups is 1. The summed E-state index contributed by atoms with van der Waals surface area (Å²) in [5.41, 5.74) is -1.45. The number of fused-ring (bicyclic) bond motifs is 1. The topological polar surface area (TPSA) is 66.8 Å². The number of esters is 1. The molecule has 19 heavy (non-hydrogen) atoms. The molecule has 6 atom stereocenters. The van der Waals surface area contributed by atoms with Crippen molar-refractivity contribution in [2.75, 3.05) is 0 Å². The van der Waals surface area contributed by atoms with Gasteiger partial charge in [-0.25, -0.2) is 0 Å². The Morgan fingerprint density at radius 2 is 1.89 bits per heavy atom. The predicted molar refractivity (Wildman–Crippen MR) is 71.4 cm³/mol. The molecule has 2 N–H and O–H groups in total. The lowest BCUT2D eigenvalue weighted by molar-refractivity contribution is -0.255. The second-order valence-corrected chi connectivity index (χ2v) is 6.78. The van der Waals surface area contributed by atoms with Crippen LogP contribution in [0.5, 0.6) is 0 Å². The van der Waals surface area contributed by atoms with E-state index in [9.17, 15) is 15.0 Å². The molecule has 0 aromatic carbocycles. The van der Waals surface area contributed by atoms with E-state index < -0.39 is 23.8 Å². The Hall–Kier alpha value is -0.610. The highest BCUT2D eigenvalue weighted by Crippen LogP contribution is 2.57. The summed E-state index contributed by atoms with van der Waals surface area (Å²) in [6.07, 6.45) is 1.33. The minimum atomic E-state index is -1.14. The van der Waals surface area contributed by atoms with Gasteiger partial charge in [-0.15, -0.1) is 0 Å². The Labute approximate surface area is 115 Å². The van der Waals surface area contributed by atoms with E-state index in [1.807, 2.05) is 0 Å². The second-order valence-electron chi connectivity index (χ2n) is 6.78. The zero-order chi connectivity index (χ0) is 14.4. The normalized spacial score (nSPS) is 50.4. The summed E-state index contributed by atoms with van der Waals surface area (Å²) >= 11 is 0. The largest absolute Gasteiger partial charge is 0.460 e. The van der Waals surface area contributed by atoms with Crippen molar-refractivity contribution < 1.29 is 19.7 Å². The molecule has 0 aliphatic heterocycles. The maximum atomic E-state index is 11.1. The van der Waals surface area contributed by atoms with E-state index in [2.05, 4.69) is 20.8 Å². The van der Waals surface area contributed by atoms with Crippen LogP contribution in [-0.2, 0) is 9.53 Å². The summed E-state index contributed by atoms with van der Waals surface area (Å²) in [5.74, 6) is 0.496. The Balaban J connectivity index is 2.28. The lowest BCUT2D eigenvalue weighted by atomic mass is 9.49. The van der Waals surface area contributed by atoms with Crippen LogP contribution in [0.25, 0.3) is 0 Å². The van der Waals surface area contributed by atoms with Gasteiger partial charge in [0.2, 0.25) is 0 Å². The summed E-state index contributed by atoms with van der Waals surface area (Å²) in [6, 6.07) is 0. The summed E-state index contributed by atoms with van der Waals surface area (Å²) in [4.78, 5) is 11.1. The molecule has 0 radical (unpaired) electrons. The van der Waals surface area contributed by atoms with Gasteiger partial charge in [-0.1, -0.05) is 20.8 Å². The molecular formula is C15H26O4. The lowest BCUT2D eigenvalue weighted by Gasteiger charge is -2.60. The van der Waals surface area contributed by atoms with Crippen LogP contribution in [-0.4, -0.2) is 34.0 Å². The van der Waals surface area contributed by atoms with Gasteiger partial charge in [0.05, 0.1) is 5.60 Å². The first-order valence-corrected chi connectivity index (χ1v) is 7.30. The number of hydrogen-bond acceptors (Lipinski definition) is 4. The minimum absolute atomic E-state index is 0.305. The lowest BCUT2D eigenvalue weighted by Crippen LogP contribution is -2.67. The van der Waals surface area contributed by atoms with Gasteiger partial charge in [0.1, 0.15) is 12.2 Å². The van der Waals surface area contributed by atoms with E-state index in [4.69, 9.17) is 4.74 Å². The molecular weight excluding hydrogens is 244 g/mol. The van der Waals surface area contributed by atoms with Crippen molar-refractivity contribution in [1.82, 2.24) is 0 Å². The molecule has 0 unspecified atom stereocenters. The van der Waals surface area contributed by atoms with Crippen LogP contribution in [0, 0.1) is 17.3 Å². The molecule has 2 aliphatic carbocycles. The summed E-state index contributed by atoms with van der Waals surface area (Å²) in [5, 5.41) is 21.6. The average molecular weight is 270 g/mol. The molecule has 2 aliphatic rings. The van der Waals surface area contributed by atoms with Crippen molar-refractivity contribution in [2.45, 2.75) is 71.2 Å². The molecule has 2 saturated carbocycles. The quantitative estimate of drug-likeness (QED) is 0.714. The molecule has 4 nitrogen and oxygen atoms in total. The Morgan fingerprint density at radius 1 is 1.26 bits per heavy atom. The first-order chi connectivity index (χ1) is 8.72. The number of carbonyl (C=O) groups excluding carboxylic acids is 1. The Morgan fingerprint density at radius 3 is 2.47 bits per heavy atom. The number of hydrogen-bond donors (Lipinski definition) is 2. The number of aliphatic hydroxyl groups is 2. The number of ether oxygens (including phenoxy) is 1. The summed E-state index contributed by atoms with van der Waals surface area (Å²) in [7, 11) is 0. The molecule has 0 amide bonds. The molecule has 2 fully saturated rings. The van der Waals surface area contributed by atoms with Gasteiger partial charge in [-0.05, 0) is 37.5 Å². The van der Waals surface area contributed by atoms with Gasteiger partial charge < -0.3 is 14.9 Å². The molecule has 110 valence electrons. The highest BCUT2D eigenvalue weighted by atomic mass is 16.6. The van der Waals surface area contributed by atoms with E-state index in [1.54, 1.807) is 0 Å². The first-order valence-electron chi connectivity index (χ1n) is 7.30. The fourth-order valence-electron chi connectivity index (χ4n) is 4.18. The van der Waals surface area contributed by atoms with Gasteiger partial charge in [0, 0.05) is 12.3 Å². The molecule has 0 heterocycles. The maximum Gasteiger partial charge on any atom is 0.302 e. The van der Waals surface area contributed by atoms with Crippen LogP contribution >= 0.6 is 0 Å². The highest BCUT2D eigenvalue weighted by Gasteiger charge is 2.62.